The van der Waals surface area contributed by atoms with E-state index in [0.717, 1.165) is 18.4 Å². The van der Waals surface area contributed by atoms with Gasteiger partial charge in [-0.25, -0.2) is 4.39 Å². The van der Waals surface area contributed by atoms with Crippen LogP contribution >= 0.6 is 11.6 Å². The van der Waals surface area contributed by atoms with E-state index < -0.39 is 5.82 Å². The van der Waals surface area contributed by atoms with Gasteiger partial charge in [0.25, 0.3) is 0 Å². The van der Waals surface area contributed by atoms with E-state index in [9.17, 15) is 9.18 Å². The number of rotatable bonds is 7. The van der Waals surface area contributed by atoms with Gasteiger partial charge in [-0.3, -0.25) is 4.79 Å². The monoisotopic (exact) mass is 287 g/mol. The summed E-state index contributed by atoms with van der Waals surface area (Å²) >= 11 is 5.56. The minimum atomic E-state index is -0.414. The van der Waals surface area contributed by atoms with E-state index in [1.165, 1.54) is 13.2 Å². The molecule has 0 aliphatic rings. The SMILES string of the molecule is COc1ccc(CN(C)C(=O)CCCCCl)cc1F. The van der Waals surface area contributed by atoms with E-state index in [0.29, 0.717) is 18.8 Å². The standard InChI is InChI=1S/C14H19ClFNO2/c1-17(14(18)5-3-4-8-15)10-11-6-7-13(19-2)12(16)9-11/h6-7,9H,3-5,8,10H2,1-2H3. The van der Waals surface area contributed by atoms with Gasteiger partial charge in [0.15, 0.2) is 11.6 Å². The molecule has 0 fully saturated rings. The van der Waals surface area contributed by atoms with Crippen molar-refractivity contribution in [3.63, 3.8) is 0 Å². The summed E-state index contributed by atoms with van der Waals surface area (Å²) < 4.78 is 18.4. The Bertz CT molecular complexity index is 426. The molecule has 106 valence electrons. The quantitative estimate of drug-likeness (QED) is 0.569. The minimum Gasteiger partial charge on any atom is -0.494 e. The number of alkyl halides is 1. The van der Waals surface area contributed by atoms with Crippen LogP contribution in [0.5, 0.6) is 5.75 Å². The summed E-state index contributed by atoms with van der Waals surface area (Å²) in [6, 6.07) is 4.71. The van der Waals surface area contributed by atoms with Crippen molar-refractivity contribution in [1.82, 2.24) is 4.90 Å². The Kier molecular flexibility index (Phi) is 6.64. The molecule has 1 aromatic rings. The fourth-order valence-electron chi connectivity index (χ4n) is 1.73. The highest BCUT2D eigenvalue weighted by Gasteiger charge is 2.10. The van der Waals surface area contributed by atoms with E-state index >= 15 is 0 Å². The molecule has 0 aliphatic heterocycles. The Hall–Kier alpha value is -1.29. The minimum absolute atomic E-state index is 0.0429. The molecule has 19 heavy (non-hydrogen) atoms. The normalized spacial score (nSPS) is 10.3. The molecule has 3 nitrogen and oxygen atoms in total. The number of benzene rings is 1. The third-order valence-corrected chi connectivity index (χ3v) is 3.10. The molecule has 5 heteroatoms. The lowest BCUT2D eigenvalue weighted by molar-refractivity contribution is -0.130. The van der Waals surface area contributed by atoms with Crippen molar-refractivity contribution >= 4 is 17.5 Å². The first-order valence-corrected chi connectivity index (χ1v) is 6.74. The summed E-state index contributed by atoms with van der Waals surface area (Å²) in [5.41, 5.74) is 0.742. The van der Waals surface area contributed by atoms with Crippen molar-refractivity contribution in [2.24, 2.45) is 0 Å². The number of hydrogen-bond acceptors (Lipinski definition) is 2. The smallest absolute Gasteiger partial charge is 0.222 e. The van der Waals surface area contributed by atoms with Gasteiger partial charge < -0.3 is 9.64 Å². The third kappa shape index (κ3) is 5.07. The average Bonchev–Trinajstić information content (AvgIpc) is 2.39. The van der Waals surface area contributed by atoms with Crippen LogP contribution < -0.4 is 4.74 Å². The van der Waals surface area contributed by atoms with Crippen molar-refractivity contribution in [2.75, 3.05) is 20.0 Å². The number of amides is 1. The molecule has 0 saturated heterocycles. The molecular formula is C14H19ClFNO2. The second-order valence-corrected chi connectivity index (χ2v) is 4.74. The Morgan fingerprint density at radius 1 is 1.42 bits per heavy atom. The third-order valence-electron chi connectivity index (χ3n) is 2.84. The number of hydrogen-bond donors (Lipinski definition) is 0. The highest BCUT2D eigenvalue weighted by Crippen LogP contribution is 2.18. The first-order chi connectivity index (χ1) is 9.08. The Balaban J connectivity index is 2.54. The fourth-order valence-corrected chi connectivity index (χ4v) is 1.92. The fraction of sp³-hybridized carbons (Fsp3) is 0.500. The zero-order chi connectivity index (χ0) is 14.3. The molecule has 0 spiro atoms. The van der Waals surface area contributed by atoms with Crippen LogP contribution in [-0.4, -0.2) is 30.8 Å². The Morgan fingerprint density at radius 2 is 2.16 bits per heavy atom. The van der Waals surface area contributed by atoms with Crippen LogP contribution in [0.25, 0.3) is 0 Å². The number of carbonyl (C=O) groups excluding carboxylic acids is 1. The number of carbonyl (C=O) groups is 1. The number of unbranched alkanes of at least 4 members (excludes halogenated alkanes) is 1. The lowest BCUT2D eigenvalue weighted by atomic mass is 10.2. The molecule has 1 amide bonds. The zero-order valence-corrected chi connectivity index (χ0v) is 12.0. The van der Waals surface area contributed by atoms with Crippen LogP contribution in [0.3, 0.4) is 0 Å². The van der Waals surface area contributed by atoms with Crippen molar-refractivity contribution in [1.29, 1.82) is 0 Å². The zero-order valence-electron chi connectivity index (χ0n) is 11.3. The predicted molar refractivity (Wildman–Crippen MR) is 74.0 cm³/mol. The lowest BCUT2D eigenvalue weighted by Crippen LogP contribution is -2.25. The van der Waals surface area contributed by atoms with E-state index in [4.69, 9.17) is 16.3 Å². The highest BCUT2D eigenvalue weighted by atomic mass is 35.5. The van der Waals surface area contributed by atoms with Gasteiger partial charge in [-0.2, -0.15) is 0 Å². The molecule has 0 aromatic heterocycles. The van der Waals surface area contributed by atoms with Crippen LogP contribution in [-0.2, 0) is 11.3 Å². The summed E-state index contributed by atoms with van der Waals surface area (Å²) in [5, 5.41) is 0. The summed E-state index contributed by atoms with van der Waals surface area (Å²) in [5.74, 6) is 0.407. The van der Waals surface area contributed by atoms with E-state index in [2.05, 4.69) is 0 Å². The summed E-state index contributed by atoms with van der Waals surface area (Å²) in [6.45, 7) is 0.390. The number of nitrogens with zero attached hydrogens (tertiary/aromatic N) is 1. The summed E-state index contributed by atoms with van der Waals surface area (Å²) in [6.07, 6.45) is 2.09. The second-order valence-electron chi connectivity index (χ2n) is 4.36. The van der Waals surface area contributed by atoms with Crippen LogP contribution in [0, 0.1) is 5.82 Å². The summed E-state index contributed by atoms with van der Waals surface area (Å²) in [4.78, 5) is 13.4. The van der Waals surface area contributed by atoms with Gasteiger partial charge in [-0.15, -0.1) is 11.6 Å². The Labute approximate surface area is 118 Å². The molecule has 0 N–H and O–H groups in total. The van der Waals surface area contributed by atoms with Crippen molar-refractivity contribution in [3.8, 4) is 5.75 Å². The molecular weight excluding hydrogens is 269 g/mol. The number of halogens is 2. The van der Waals surface area contributed by atoms with Gasteiger partial charge in [-0.1, -0.05) is 6.07 Å². The first-order valence-electron chi connectivity index (χ1n) is 6.20. The molecule has 0 aliphatic carbocycles. The topological polar surface area (TPSA) is 29.5 Å². The number of methoxy groups -OCH3 is 1. The summed E-state index contributed by atoms with van der Waals surface area (Å²) in [7, 11) is 3.13. The average molecular weight is 288 g/mol. The van der Waals surface area contributed by atoms with Gasteiger partial charge in [0.1, 0.15) is 0 Å². The first kappa shape index (κ1) is 15.8. The van der Waals surface area contributed by atoms with Gasteiger partial charge >= 0.3 is 0 Å². The predicted octanol–water partition coefficient (Wildman–Crippen LogP) is 3.20. The molecule has 1 rings (SSSR count). The molecule has 0 bridgehead atoms. The second kappa shape index (κ2) is 8.00. The maximum atomic E-state index is 13.5. The number of ether oxygens (including phenoxy) is 1. The van der Waals surface area contributed by atoms with Gasteiger partial charge in [0.2, 0.25) is 5.91 Å². The van der Waals surface area contributed by atoms with Crippen LogP contribution in [0.15, 0.2) is 18.2 Å². The van der Waals surface area contributed by atoms with Gasteiger partial charge in [0.05, 0.1) is 7.11 Å². The van der Waals surface area contributed by atoms with Crippen LogP contribution in [0.1, 0.15) is 24.8 Å². The molecule has 0 unspecified atom stereocenters. The van der Waals surface area contributed by atoms with Crippen molar-refractivity contribution < 1.29 is 13.9 Å². The van der Waals surface area contributed by atoms with Crippen molar-refractivity contribution in [3.05, 3.63) is 29.6 Å². The molecule has 0 heterocycles. The van der Waals surface area contributed by atoms with Crippen LogP contribution in [0.4, 0.5) is 4.39 Å². The van der Waals surface area contributed by atoms with E-state index in [-0.39, 0.29) is 11.7 Å². The van der Waals surface area contributed by atoms with Crippen molar-refractivity contribution in [2.45, 2.75) is 25.8 Å². The maximum Gasteiger partial charge on any atom is 0.222 e. The van der Waals surface area contributed by atoms with E-state index in [1.54, 1.807) is 24.1 Å². The molecule has 1 aromatic carbocycles. The lowest BCUT2D eigenvalue weighted by Gasteiger charge is -2.17. The molecule has 0 atom stereocenters. The van der Waals surface area contributed by atoms with Gasteiger partial charge in [-0.05, 0) is 30.5 Å². The van der Waals surface area contributed by atoms with Gasteiger partial charge in [0, 0.05) is 25.9 Å². The Morgan fingerprint density at radius 3 is 2.74 bits per heavy atom. The maximum absolute atomic E-state index is 13.5. The van der Waals surface area contributed by atoms with E-state index in [1.807, 2.05) is 0 Å². The molecule has 0 saturated carbocycles. The van der Waals surface area contributed by atoms with Crippen LogP contribution in [0.2, 0.25) is 0 Å². The molecule has 0 radical (unpaired) electrons. The largest absolute Gasteiger partial charge is 0.494 e. The highest BCUT2D eigenvalue weighted by molar-refractivity contribution is 6.17.